The number of allylic oxidation sites excluding steroid dienone is 4. The molecular formula is C24H13Cl2N. The quantitative estimate of drug-likeness (QED) is 0.256. The van der Waals surface area contributed by atoms with Crippen LogP contribution in [0.5, 0.6) is 0 Å². The maximum atomic E-state index is 6.37. The maximum Gasteiger partial charge on any atom is 0.0626 e. The molecule has 27 heavy (non-hydrogen) atoms. The van der Waals surface area contributed by atoms with Crippen molar-refractivity contribution in [3.8, 4) is 0 Å². The van der Waals surface area contributed by atoms with E-state index in [1.807, 2.05) is 18.2 Å². The third kappa shape index (κ3) is 2.01. The number of fused-ring (bicyclic) bond motifs is 8. The van der Waals surface area contributed by atoms with Gasteiger partial charge in [0.1, 0.15) is 0 Å². The van der Waals surface area contributed by atoms with Crippen LogP contribution in [0.4, 0.5) is 0 Å². The summed E-state index contributed by atoms with van der Waals surface area (Å²) in [6.45, 7) is 0. The second-order valence-electron chi connectivity index (χ2n) is 6.91. The first-order valence-corrected chi connectivity index (χ1v) is 9.60. The van der Waals surface area contributed by atoms with E-state index < -0.39 is 0 Å². The zero-order valence-electron chi connectivity index (χ0n) is 14.2. The van der Waals surface area contributed by atoms with Crippen molar-refractivity contribution in [2.24, 2.45) is 0 Å². The molecule has 0 aliphatic heterocycles. The first kappa shape index (κ1) is 15.3. The Bertz CT molecular complexity index is 1460. The molecule has 2 aromatic heterocycles. The van der Waals surface area contributed by atoms with Crippen molar-refractivity contribution in [3.63, 3.8) is 0 Å². The lowest BCUT2D eigenvalue weighted by Crippen LogP contribution is -1.86. The Hall–Kier alpha value is -2.74. The van der Waals surface area contributed by atoms with E-state index in [1.54, 1.807) is 0 Å². The van der Waals surface area contributed by atoms with Crippen LogP contribution in [0, 0.1) is 0 Å². The number of benzene rings is 3. The Balaban J connectivity index is 2.00. The number of halogens is 2. The second kappa shape index (κ2) is 5.39. The molecule has 0 unspecified atom stereocenters. The summed E-state index contributed by atoms with van der Waals surface area (Å²) < 4.78 is 2.33. The molecule has 0 N–H and O–H groups in total. The van der Waals surface area contributed by atoms with Gasteiger partial charge in [-0.15, -0.1) is 0 Å². The van der Waals surface area contributed by atoms with Gasteiger partial charge in [-0.3, -0.25) is 0 Å². The van der Waals surface area contributed by atoms with Crippen molar-refractivity contribution < 1.29 is 0 Å². The number of nitrogens with zero attached hydrogens (tertiary/aromatic N) is 1. The fourth-order valence-electron chi connectivity index (χ4n) is 4.36. The monoisotopic (exact) mass is 385 g/mol. The van der Waals surface area contributed by atoms with Crippen molar-refractivity contribution in [1.82, 2.24) is 4.40 Å². The van der Waals surface area contributed by atoms with Crippen LogP contribution in [0.25, 0.3) is 50.1 Å². The van der Waals surface area contributed by atoms with Gasteiger partial charge in [-0.05, 0) is 47.2 Å². The normalized spacial score (nSPS) is 13.9. The first-order chi connectivity index (χ1) is 13.2. The van der Waals surface area contributed by atoms with Crippen molar-refractivity contribution >= 4 is 73.3 Å². The van der Waals surface area contributed by atoms with Gasteiger partial charge in [-0.1, -0.05) is 65.7 Å². The molecule has 0 saturated heterocycles. The molecule has 0 fully saturated rings. The van der Waals surface area contributed by atoms with Gasteiger partial charge in [0.15, 0.2) is 0 Å². The summed E-state index contributed by atoms with van der Waals surface area (Å²) in [5, 5.41) is 7.57. The molecule has 3 heteroatoms. The Kier molecular flexibility index (Phi) is 3.06. The number of hydrogen-bond acceptors (Lipinski definition) is 0. The van der Waals surface area contributed by atoms with E-state index in [0.717, 1.165) is 15.6 Å². The molecule has 6 rings (SSSR count). The predicted molar refractivity (Wildman–Crippen MR) is 118 cm³/mol. The highest BCUT2D eigenvalue weighted by molar-refractivity contribution is 6.34. The molecule has 1 aliphatic carbocycles. The summed E-state index contributed by atoms with van der Waals surface area (Å²) in [7, 11) is 0. The molecule has 128 valence electrons. The first-order valence-electron chi connectivity index (χ1n) is 8.85. The molecule has 0 atom stereocenters. The van der Waals surface area contributed by atoms with E-state index >= 15 is 0 Å². The summed E-state index contributed by atoms with van der Waals surface area (Å²) in [5.41, 5.74) is 4.74. The standard InChI is InChI=1S/C24H13Cl2N/c25-15-8-7-14-11-20-17-10-9-16(26)13-22(17)27-21-6-4-2-1-3-5-18(21)23(24(20)27)19(14)12-15/h1-13H. The highest BCUT2D eigenvalue weighted by Gasteiger charge is 2.22. The lowest BCUT2D eigenvalue weighted by Gasteiger charge is -2.05. The highest BCUT2D eigenvalue weighted by atomic mass is 35.5. The fraction of sp³-hybridized carbons (Fsp3) is 0. The van der Waals surface area contributed by atoms with Gasteiger partial charge in [0.25, 0.3) is 0 Å². The SMILES string of the molecule is Clc1ccc2cc3c4ccc(Cl)cc4n4c5c(c(c2c1)c34)C=CC=CC=C5. The molecule has 0 radical (unpaired) electrons. The Morgan fingerprint density at radius 2 is 1.44 bits per heavy atom. The maximum absolute atomic E-state index is 6.37. The van der Waals surface area contributed by atoms with Gasteiger partial charge in [-0.25, -0.2) is 0 Å². The van der Waals surface area contributed by atoms with Crippen LogP contribution in [0.2, 0.25) is 10.0 Å². The topological polar surface area (TPSA) is 4.41 Å². The Morgan fingerprint density at radius 1 is 0.667 bits per heavy atom. The lowest BCUT2D eigenvalue weighted by molar-refractivity contribution is 1.27. The summed E-state index contributed by atoms with van der Waals surface area (Å²) in [6.07, 6.45) is 12.6. The average molecular weight is 386 g/mol. The summed E-state index contributed by atoms with van der Waals surface area (Å²) in [4.78, 5) is 0. The van der Waals surface area contributed by atoms with Gasteiger partial charge in [0, 0.05) is 31.8 Å². The molecule has 1 nitrogen and oxygen atoms in total. The van der Waals surface area contributed by atoms with Crippen LogP contribution >= 0.6 is 23.2 Å². The zero-order valence-corrected chi connectivity index (χ0v) is 15.7. The van der Waals surface area contributed by atoms with Crippen molar-refractivity contribution in [1.29, 1.82) is 0 Å². The van der Waals surface area contributed by atoms with Crippen LogP contribution in [0.3, 0.4) is 0 Å². The van der Waals surface area contributed by atoms with Crippen molar-refractivity contribution in [2.75, 3.05) is 0 Å². The van der Waals surface area contributed by atoms with Crippen molar-refractivity contribution in [3.05, 3.63) is 88.1 Å². The lowest BCUT2D eigenvalue weighted by atomic mass is 9.98. The largest absolute Gasteiger partial charge is 0.308 e. The molecule has 2 heterocycles. The molecule has 3 aromatic carbocycles. The third-order valence-electron chi connectivity index (χ3n) is 5.43. The minimum Gasteiger partial charge on any atom is -0.308 e. The summed E-state index contributed by atoms with van der Waals surface area (Å²) >= 11 is 12.7. The molecule has 0 spiro atoms. The van der Waals surface area contributed by atoms with Gasteiger partial charge in [0.05, 0.1) is 16.7 Å². The molecule has 5 aromatic rings. The van der Waals surface area contributed by atoms with E-state index in [4.69, 9.17) is 23.2 Å². The van der Waals surface area contributed by atoms with Crippen LogP contribution in [0.15, 0.2) is 66.8 Å². The highest BCUT2D eigenvalue weighted by Crippen LogP contribution is 2.43. The smallest absolute Gasteiger partial charge is 0.0626 e. The van der Waals surface area contributed by atoms with Crippen LogP contribution in [0.1, 0.15) is 11.3 Å². The molecule has 1 aliphatic rings. The van der Waals surface area contributed by atoms with E-state index in [1.165, 1.54) is 43.7 Å². The minimum absolute atomic E-state index is 0.745. The van der Waals surface area contributed by atoms with Crippen LogP contribution in [-0.4, -0.2) is 4.40 Å². The average Bonchev–Trinajstić information content (AvgIpc) is 3.11. The molecular weight excluding hydrogens is 373 g/mol. The van der Waals surface area contributed by atoms with Crippen LogP contribution < -0.4 is 0 Å². The Labute approximate surface area is 165 Å². The van der Waals surface area contributed by atoms with E-state index in [0.29, 0.717) is 0 Å². The van der Waals surface area contributed by atoms with E-state index in [9.17, 15) is 0 Å². The Morgan fingerprint density at radius 3 is 2.33 bits per heavy atom. The number of hydrogen-bond donors (Lipinski definition) is 0. The van der Waals surface area contributed by atoms with Gasteiger partial charge in [-0.2, -0.15) is 0 Å². The van der Waals surface area contributed by atoms with Crippen LogP contribution in [-0.2, 0) is 0 Å². The van der Waals surface area contributed by atoms with Gasteiger partial charge < -0.3 is 4.40 Å². The predicted octanol–water partition coefficient (Wildman–Crippen LogP) is 7.74. The summed E-state index contributed by atoms with van der Waals surface area (Å²) in [5.74, 6) is 0. The van der Waals surface area contributed by atoms with Gasteiger partial charge in [0.2, 0.25) is 0 Å². The van der Waals surface area contributed by atoms with Gasteiger partial charge >= 0.3 is 0 Å². The molecule has 0 amide bonds. The van der Waals surface area contributed by atoms with Crippen molar-refractivity contribution in [2.45, 2.75) is 0 Å². The minimum atomic E-state index is 0.745. The number of rotatable bonds is 0. The summed E-state index contributed by atoms with van der Waals surface area (Å²) in [6, 6.07) is 14.5. The van der Waals surface area contributed by atoms with E-state index in [2.05, 4.69) is 65.1 Å². The molecule has 0 bridgehead atoms. The third-order valence-corrected chi connectivity index (χ3v) is 5.90. The second-order valence-corrected chi connectivity index (χ2v) is 7.78. The van der Waals surface area contributed by atoms with E-state index in [-0.39, 0.29) is 0 Å². The zero-order chi connectivity index (χ0) is 18.1. The molecule has 0 saturated carbocycles. The number of aromatic nitrogens is 1. The fourth-order valence-corrected chi connectivity index (χ4v) is 4.70.